The van der Waals surface area contributed by atoms with Gasteiger partial charge < -0.3 is 30.0 Å². The van der Waals surface area contributed by atoms with Gasteiger partial charge in [0.15, 0.2) is 11.2 Å². The third-order valence-corrected chi connectivity index (χ3v) is 7.82. The summed E-state index contributed by atoms with van der Waals surface area (Å²) in [6.45, 7) is 1.19. The largest absolute Gasteiger partial charge is 0.490 e. The number of nitrogen functional groups attached to an aromatic ring is 1. The highest BCUT2D eigenvalue weighted by Gasteiger charge is 2.42. The number of H-pyrrole nitrogens is 1. The molecule has 1 aliphatic rings. The molecule has 0 radical (unpaired) electrons. The molecule has 20 heteroatoms. The molecule has 0 aliphatic carbocycles. The predicted molar refractivity (Wildman–Crippen MR) is 100 cm³/mol. The minimum Gasteiger partial charge on any atom is -0.369 e. The molecule has 3 unspecified atom stereocenters. The highest BCUT2D eigenvalue weighted by molar-refractivity contribution is 7.66. The van der Waals surface area contributed by atoms with Crippen LogP contribution in [-0.4, -0.2) is 51.8 Å². The molecule has 2 aromatic rings. The summed E-state index contributed by atoms with van der Waals surface area (Å²) in [5.41, 5.74) is 5.20. The molecule has 0 saturated carbocycles. The van der Waals surface area contributed by atoms with Gasteiger partial charge >= 0.3 is 23.5 Å². The highest BCUT2D eigenvalue weighted by atomic mass is 31.3. The topological polar surface area (TPSA) is 259 Å². The fourth-order valence-corrected chi connectivity index (χ4v) is 6.02. The Labute approximate surface area is 172 Å². The first-order valence-corrected chi connectivity index (χ1v) is 12.8. The molecule has 17 nitrogen and oxygen atoms in total. The molecular formula is C11H18N5O12P3. The Kier molecular flexibility index (Phi) is 6.60. The molecule has 1 aliphatic heterocycles. The van der Waals surface area contributed by atoms with Crippen LogP contribution in [0.2, 0.25) is 0 Å². The summed E-state index contributed by atoms with van der Waals surface area (Å²) in [5.74, 6) is -0.344. The van der Waals surface area contributed by atoms with Crippen LogP contribution in [0, 0.1) is 5.92 Å². The van der Waals surface area contributed by atoms with Crippen molar-refractivity contribution in [3.8, 4) is 0 Å². The lowest BCUT2D eigenvalue weighted by molar-refractivity contribution is -0.0290. The van der Waals surface area contributed by atoms with Gasteiger partial charge in [-0.3, -0.25) is 18.9 Å². The van der Waals surface area contributed by atoms with E-state index < -0.39 is 48.0 Å². The highest BCUT2D eigenvalue weighted by Crippen LogP contribution is 2.66. The lowest BCUT2D eigenvalue weighted by Crippen LogP contribution is -2.18. The van der Waals surface area contributed by atoms with Crippen LogP contribution in [0.15, 0.2) is 11.1 Å². The number of anilines is 1. The van der Waals surface area contributed by atoms with Gasteiger partial charge in [-0.1, -0.05) is 6.92 Å². The molecule has 1 saturated heterocycles. The fourth-order valence-electron chi connectivity index (χ4n) is 2.97. The van der Waals surface area contributed by atoms with Gasteiger partial charge in [0.05, 0.1) is 19.0 Å². The molecule has 0 aromatic carbocycles. The number of hydrogen-bond donors (Lipinski definition) is 6. The number of aromatic nitrogens is 4. The Balaban J connectivity index is 1.67. The lowest BCUT2D eigenvalue weighted by atomic mass is 10.1. The van der Waals surface area contributed by atoms with Gasteiger partial charge in [0.25, 0.3) is 5.56 Å². The van der Waals surface area contributed by atoms with Crippen LogP contribution in [0.5, 0.6) is 0 Å². The fraction of sp³-hybridized carbons (Fsp3) is 0.545. The van der Waals surface area contributed by atoms with Crippen LogP contribution >= 0.6 is 23.5 Å². The molecule has 31 heavy (non-hydrogen) atoms. The van der Waals surface area contributed by atoms with E-state index in [2.05, 4.69) is 28.1 Å². The maximum atomic E-state index is 11.9. The van der Waals surface area contributed by atoms with Crippen LogP contribution < -0.4 is 11.3 Å². The number of rotatable bonds is 8. The first-order valence-electron chi connectivity index (χ1n) is 8.32. The van der Waals surface area contributed by atoms with E-state index in [0.717, 1.165) is 0 Å². The van der Waals surface area contributed by atoms with Crippen molar-refractivity contribution in [2.24, 2.45) is 5.92 Å². The van der Waals surface area contributed by atoms with Gasteiger partial charge in [-0.25, -0.2) is 18.7 Å². The van der Waals surface area contributed by atoms with Gasteiger partial charge in [-0.2, -0.15) is 13.6 Å². The molecule has 7 N–H and O–H groups in total. The maximum Gasteiger partial charge on any atom is 0.490 e. The van der Waals surface area contributed by atoms with Crippen molar-refractivity contribution < 1.29 is 51.2 Å². The summed E-state index contributed by atoms with van der Waals surface area (Å²) >= 11 is 0. The minimum atomic E-state index is -5.60. The average Bonchev–Trinajstić information content (AvgIpc) is 3.12. The van der Waals surface area contributed by atoms with Crippen molar-refractivity contribution in [2.45, 2.75) is 25.7 Å². The van der Waals surface area contributed by atoms with E-state index in [-0.39, 0.29) is 23.0 Å². The lowest BCUT2D eigenvalue weighted by Gasteiger charge is -2.19. The van der Waals surface area contributed by atoms with E-state index in [1.54, 1.807) is 6.92 Å². The van der Waals surface area contributed by atoms with E-state index in [9.17, 15) is 23.4 Å². The third-order valence-electron chi connectivity index (χ3n) is 4.02. The number of imidazole rings is 1. The predicted octanol–water partition coefficient (Wildman–Crippen LogP) is -0.0313. The summed E-state index contributed by atoms with van der Waals surface area (Å²) in [7, 11) is -16.3. The number of ether oxygens (including phenoxy) is 1. The normalized spacial score (nSPS) is 26.0. The molecule has 0 amide bonds. The summed E-state index contributed by atoms with van der Waals surface area (Å²) < 4.78 is 52.9. The van der Waals surface area contributed by atoms with Gasteiger partial charge in [0.2, 0.25) is 5.95 Å². The van der Waals surface area contributed by atoms with E-state index >= 15 is 0 Å². The van der Waals surface area contributed by atoms with E-state index in [4.69, 9.17) is 25.2 Å². The zero-order valence-corrected chi connectivity index (χ0v) is 18.2. The van der Waals surface area contributed by atoms with E-state index in [1.165, 1.54) is 10.9 Å². The smallest absolute Gasteiger partial charge is 0.369 e. The summed E-state index contributed by atoms with van der Waals surface area (Å²) in [4.78, 5) is 57.9. The van der Waals surface area contributed by atoms with Crippen molar-refractivity contribution in [1.82, 2.24) is 19.5 Å². The monoisotopic (exact) mass is 505 g/mol. The molecule has 1 fully saturated rings. The Morgan fingerprint density at radius 1 is 1.26 bits per heavy atom. The first kappa shape index (κ1) is 24.2. The third kappa shape index (κ3) is 6.06. The molecule has 3 rings (SSSR count). The van der Waals surface area contributed by atoms with E-state index in [1.807, 2.05) is 0 Å². The van der Waals surface area contributed by atoms with Crippen LogP contribution in [0.1, 0.15) is 19.6 Å². The first-order chi connectivity index (χ1) is 14.2. The van der Waals surface area contributed by atoms with Crippen molar-refractivity contribution in [2.75, 3.05) is 12.3 Å². The van der Waals surface area contributed by atoms with Gasteiger partial charge in [-0.15, -0.1) is 0 Å². The number of nitrogens with one attached hydrogen (secondary N) is 1. The standard InChI is InChI=1S/C11H18N5O12P3/c1-5-2-6(3-25-30(21,22)28-31(23,24)27-29(18,19)20)26-10(5)16-4-13-7-8(16)14-11(12)15-9(7)17/h4-6,10H,2-3H2,1H3,(H,21,22)(H,23,24)(H2,18,19,20)(H3,12,14,15,17)/t5?,6-,10+/m0/s1. The number of phosphoric acid groups is 3. The second kappa shape index (κ2) is 8.46. The number of aromatic amines is 1. The van der Waals surface area contributed by atoms with Crippen LogP contribution in [0.25, 0.3) is 11.2 Å². The molecule has 0 spiro atoms. The number of hydrogen-bond acceptors (Lipinski definition) is 11. The minimum absolute atomic E-state index is 0.0294. The van der Waals surface area contributed by atoms with E-state index in [0.29, 0.717) is 6.42 Å². The Bertz CT molecular complexity index is 1170. The second-order valence-electron chi connectivity index (χ2n) is 6.52. The van der Waals surface area contributed by atoms with Gasteiger partial charge in [-0.05, 0) is 6.42 Å². The molecule has 174 valence electrons. The summed E-state index contributed by atoms with van der Waals surface area (Å²) in [6, 6.07) is 0. The average molecular weight is 505 g/mol. The quantitative estimate of drug-likeness (QED) is 0.257. The van der Waals surface area contributed by atoms with Gasteiger partial charge in [0.1, 0.15) is 6.23 Å². The van der Waals surface area contributed by atoms with Crippen molar-refractivity contribution >= 4 is 40.6 Å². The van der Waals surface area contributed by atoms with Crippen LogP contribution in [-0.2, 0) is 31.6 Å². The Morgan fingerprint density at radius 3 is 2.58 bits per heavy atom. The zero-order chi connectivity index (χ0) is 23.2. The second-order valence-corrected chi connectivity index (χ2v) is 10.9. The van der Waals surface area contributed by atoms with Crippen molar-refractivity contribution in [1.29, 1.82) is 0 Å². The molecule has 5 atom stereocenters. The molecule has 2 aromatic heterocycles. The number of fused-ring (bicyclic) bond motifs is 1. The summed E-state index contributed by atoms with van der Waals surface area (Å²) in [6.07, 6.45) is 0.103. The van der Waals surface area contributed by atoms with Crippen LogP contribution in [0.3, 0.4) is 0 Å². The van der Waals surface area contributed by atoms with Crippen molar-refractivity contribution in [3.05, 3.63) is 16.7 Å². The zero-order valence-electron chi connectivity index (χ0n) is 15.5. The Hall–Kier alpha value is -1.48. The summed E-state index contributed by atoms with van der Waals surface area (Å²) in [5, 5.41) is 0. The number of phosphoric ester groups is 1. The maximum absolute atomic E-state index is 11.9. The number of nitrogens with two attached hydrogens (primary N) is 1. The SMILES string of the molecule is CC1C[C@@H](COP(=O)(O)OP(=O)(O)OP(=O)(O)O)O[C@H]1n1cnc2c(=O)[nH]c(N)nc21. The van der Waals surface area contributed by atoms with Crippen LogP contribution in [0.4, 0.5) is 5.95 Å². The molecular weight excluding hydrogens is 487 g/mol. The molecule has 3 heterocycles. The van der Waals surface area contributed by atoms with Gasteiger partial charge in [0, 0.05) is 5.92 Å². The van der Waals surface area contributed by atoms with Crippen molar-refractivity contribution in [3.63, 3.8) is 0 Å². The molecule has 0 bridgehead atoms. The Morgan fingerprint density at radius 2 is 1.94 bits per heavy atom. The number of nitrogens with zero attached hydrogens (tertiary/aromatic N) is 3.